The minimum Gasteiger partial charge on any atom is -0.451 e. The van der Waals surface area contributed by atoms with Crippen molar-refractivity contribution >= 4 is 22.8 Å². The van der Waals surface area contributed by atoms with Gasteiger partial charge in [-0.1, -0.05) is 55.7 Å². The van der Waals surface area contributed by atoms with Crippen molar-refractivity contribution in [3.63, 3.8) is 0 Å². The Morgan fingerprint density at radius 3 is 2.16 bits per heavy atom. The second-order valence-corrected chi connectivity index (χ2v) is 11.1. The number of rotatable bonds is 6. The van der Waals surface area contributed by atoms with E-state index in [2.05, 4.69) is 16.7 Å². The first kappa shape index (κ1) is 23.7. The number of carbonyl (C=O) groups excluding carboxylic acids is 2. The number of aliphatic hydroxyl groups is 1. The Kier molecular flexibility index (Phi) is 5.61. The molecule has 3 fully saturated rings. The summed E-state index contributed by atoms with van der Waals surface area (Å²) in [5.74, 6) is -0.531. The van der Waals surface area contributed by atoms with Crippen molar-refractivity contribution in [2.45, 2.75) is 80.9 Å². The van der Waals surface area contributed by atoms with Gasteiger partial charge >= 0.3 is 0 Å². The van der Waals surface area contributed by atoms with Gasteiger partial charge in [-0.25, -0.2) is 0 Å². The highest BCUT2D eigenvalue weighted by atomic mass is 16.3. The molecule has 2 aromatic carbocycles. The predicted octanol–water partition coefficient (Wildman–Crippen LogP) is 5.08. The fourth-order valence-corrected chi connectivity index (χ4v) is 5.67. The smallest absolute Gasteiger partial charge is 0.287 e. The molecule has 0 spiro atoms. The lowest BCUT2D eigenvalue weighted by Gasteiger charge is -2.37. The van der Waals surface area contributed by atoms with E-state index in [1.807, 2.05) is 42.5 Å². The zero-order valence-corrected chi connectivity index (χ0v) is 20.8. The van der Waals surface area contributed by atoms with Gasteiger partial charge in [0.25, 0.3) is 5.91 Å². The molecule has 6 rings (SSSR count). The van der Waals surface area contributed by atoms with Crippen LogP contribution in [0.1, 0.15) is 80.3 Å². The number of nitrogens with zero attached hydrogens (tertiary/aromatic N) is 1. The van der Waals surface area contributed by atoms with Crippen LogP contribution in [0, 0.1) is 11.3 Å². The molecule has 1 heterocycles. The highest BCUT2D eigenvalue weighted by Gasteiger charge is 2.50. The SMILES string of the molecule is N#CC1(NC(=O)C2(NC(=O)c3cc4ccc(-c5ccc(C6(O)CCC6)cc5)cc4o3)CCCCC2)CC1. The second kappa shape index (κ2) is 8.74. The molecule has 190 valence electrons. The lowest BCUT2D eigenvalue weighted by Crippen LogP contribution is -2.61. The van der Waals surface area contributed by atoms with Gasteiger partial charge in [0, 0.05) is 5.39 Å². The third-order valence-electron chi connectivity index (χ3n) is 8.49. The van der Waals surface area contributed by atoms with Crippen molar-refractivity contribution in [1.82, 2.24) is 10.6 Å². The van der Waals surface area contributed by atoms with Crippen LogP contribution in [0.5, 0.6) is 0 Å². The molecule has 0 atom stereocenters. The number of amides is 2. The average Bonchev–Trinajstić information content (AvgIpc) is 3.54. The van der Waals surface area contributed by atoms with Crippen LogP contribution in [0.4, 0.5) is 0 Å². The maximum Gasteiger partial charge on any atom is 0.287 e. The molecule has 1 aromatic heterocycles. The lowest BCUT2D eigenvalue weighted by atomic mass is 9.75. The van der Waals surface area contributed by atoms with Gasteiger partial charge in [0.1, 0.15) is 16.7 Å². The van der Waals surface area contributed by atoms with Crippen molar-refractivity contribution in [2.75, 3.05) is 0 Å². The van der Waals surface area contributed by atoms with E-state index in [4.69, 9.17) is 4.42 Å². The van der Waals surface area contributed by atoms with Crippen LogP contribution in [0.2, 0.25) is 0 Å². The van der Waals surface area contributed by atoms with Crippen LogP contribution < -0.4 is 10.6 Å². The Balaban J connectivity index is 1.22. The van der Waals surface area contributed by atoms with E-state index in [9.17, 15) is 20.0 Å². The predicted molar refractivity (Wildman–Crippen MR) is 138 cm³/mol. The molecule has 3 aliphatic carbocycles. The Morgan fingerprint density at radius 2 is 1.54 bits per heavy atom. The van der Waals surface area contributed by atoms with Gasteiger partial charge in [-0.15, -0.1) is 0 Å². The third kappa shape index (κ3) is 4.30. The van der Waals surface area contributed by atoms with E-state index in [1.54, 1.807) is 6.07 Å². The summed E-state index contributed by atoms with van der Waals surface area (Å²) >= 11 is 0. The molecular formula is C30H31N3O4. The number of fused-ring (bicyclic) bond motifs is 1. The fraction of sp³-hybridized carbons (Fsp3) is 0.433. The molecule has 3 N–H and O–H groups in total. The average molecular weight is 498 g/mol. The summed E-state index contributed by atoms with van der Waals surface area (Å²) < 4.78 is 5.96. The highest BCUT2D eigenvalue weighted by molar-refractivity contribution is 6.00. The van der Waals surface area contributed by atoms with Gasteiger partial charge < -0.3 is 20.2 Å². The zero-order chi connectivity index (χ0) is 25.7. The number of hydrogen-bond acceptors (Lipinski definition) is 5. The molecule has 7 heteroatoms. The number of benzene rings is 2. The summed E-state index contributed by atoms with van der Waals surface area (Å²) in [7, 11) is 0. The Bertz CT molecular complexity index is 1400. The molecule has 0 aliphatic heterocycles. The molecule has 3 aromatic rings. The first-order valence-electron chi connectivity index (χ1n) is 13.3. The summed E-state index contributed by atoms with van der Waals surface area (Å²) in [5, 5.41) is 26.7. The van der Waals surface area contributed by atoms with Crippen molar-refractivity contribution < 1.29 is 19.1 Å². The summed E-state index contributed by atoms with van der Waals surface area (Å²) in [6.07, 6.45) is 7.74. The fourth-order valence-electron chi connectivity index (χ4n) is 5.67. The number of hydrogen-bond donors (Lipinski definition) is 3. The minimum absolute atomic E-state index is 0.161. The normalized spacial score (nSPS) is 20.9. The van der Waals surface area contributed by atoms with Gasteiger partial charge in [0.15, 0.2) is 5.76 Å². The summed E-state index contributed by atoms with van der Waals surface area (Å²) in [6.45, 7) is 0. The van der Waals surface area contributed by atoms with E-state index in [-0.39, 0.29) is 11.7 Å². The third-order valence-corrected chi connectivity index (χ3v) is 8.49. The summed E-state index contributed by atoms with van der Waals surface area (Å²) in [6, 6.07) is 17.7. The molecule has 37 heavy (non-hydrogen) atoms. The highest BCUT2D eigenvalue weighted by Crippen LogP contribution is 2.41. The zero-order valence-electron chi connectivity index (χ0n) is 20.8. The molecule has 3 aliphatic rings. The molecular weight excluding hydrogens is 466 g/mol. The number of furan rings is 1. The van der Waals surface area contributed by atoms with E-state index in [0.717, 1.165) is 60.6 Å². The maximum absolute atomic E-state index is 13.3. The van der Waals surface area contributed by atoms with Gasteiger partial charge in [-0.2, -0.15) is 5.26 Å². The first-order chi connectivity index (χ1) is 17.8. The van der Waals surface area contributed by atoms with Crippen LogP contribution >= 0.6 is 0 Å². The van der Waals surface area contributed by atoms with Crippen molar-refractivity contribution in [3.05, 3.63) is 59.9 Å². The first-order valence-corrected chi connectivity index (χ1v) is 13.3. The molecule has 0 unspecified atom stereocenters. The molecule has 3 saturated carbocycles. The van der Waals surface area contributed by atoms with Gasteiger partial charge in [-0.3, -0.25) is 9.59 Å². The number of nitrogens with one attached hydrogen (secondary N) is 2. The van der Waals surface area contributed by atoms with Crippen molar-refractivity contribution in [2.24, 2.45) is 0 Å². The Morgan fingerprint density at radius 1 is 0.838 bits per heavy atom. The van der Waals surface area contributed by atoms with Crippen LogP contribution in [0.15, 0.2) is 52.9 Å². The Hall–Kier alpha value is -3.63. The minimum atomic E-state index is -1.03. The van der Waals surface area contributed by atoms with Gasteiger partial charge in [-0.05, 0) is 73.8 Å². The van der Waals surface area contributed by atoms with Crippen LogP contribution in [-0.2, 0) is 10.4 Å². The topological polar surface area (TPSA) is 115 Å². The molecule has 7 nitrogen and oxygen atoms in total. The summed E-state index contributed by atoms with van der Waals surface area (Å²) in [5.41, 5.74) is 0.993. The van der Waals surface area contributed by atoms with Crippen LogP contribution in [-0.4, -0.2) is 28.0 Å². The molecule has 0 saturated heterocycles. The van der Waals surface area contributed by atoms with Crippen molar-refractivity contribution in [1.29, 1.82) is 5.26 Å². The Labute approximate surface area is 215 Å². The van der Waals surface area contributed by atoms with Crippen molar-refractivity contribution in [3.8, 4) is 17.2 Å². The largest absolute Gasteiger partial charge is 0.451 e. The van der Waals surface area contributed by atoms with E-state index in [0.29, 0.717) is 31.3 Å². The van der Waals surface area contributed by atoms with Crippen LogP contribution in [0.3, 0.4) is 0 Å². The molecule has 0 bridgehead atoms. The lowest BCUT2D eigenvalue weighted by molar-refractivity contribution is -0.129. The molecule has 0 radical (unpaired) electrons. The van der Waals surface area contributed by atoms with E-state index in [1.165, 1.54) is 0 Å². The molecule has 2 amide bonds. The van der Waals surface area contributed by atoms with Gasteiger partial charge in [0.05, 0.1) is 11.7 Å². The van der Waals surface area contributed by atoms with E-state index >= 15 is 0 Å². The number of carbonyl (C=O) groups is 2. The summed E-state index contributed by atoms with van der Waals surface area (Å²) in [4.78, 5) is 26.6. The quantitative estimate of drug-likeness (QED) is 0.439. The van der Waals surface area contributed by atoms with Crippen LogP contribution in [0.25, 0.3) is 22.1 Å². The standard InChI is InChI=1S/C30H31N3O4/c31-19-28(15-16-28)33-27(35)29(11-2-1-3-12-29)32-26(34)25-18-22-6-5-21(17-24(22)37-25)20-7-9-23(10-8-20)30(36)13-4-14-30/h5-10,17-18,36H,1-4,11-16H2,(H,32,34)(H,33,35). The van der Waals surface area contributed by atoms with Gasteiger partial charge in [0.2, 0.25) is 5.91 Å². The number of nitriles is 1. The maximum atomic E-state index is 13.3. The monoisotopic (exact) mass is 497 g/mol. The second-order valence-electron chi connectivity index (χ2n) is 11.1. The van der Waals surface area contributed by atoms with E-state index < -0.39 is 22.6 Å².